The maximum absolute atomic E-state index is 11.7. The summed E-state index contributed by atoms with van der Waals surface area (Å²) in [6, 6.07) is 3.83. The number of nitrogens with zero attached hydrogens (tertiary/aromatic N) is 1. The highest BCUT2D eigenvalue weighted by atomic mass is 16.3. The van der Waals surface area contributed by atoms with E-state index >= 15 is 0 Å². The second-order valence-corrected chi connectivity index (χ2v) is 5.27. The molecule has 4 heteroatoms. The molecule has 1 aromatic rings. The van der Waals surface area contributed by atoms with E-state index < -0.39 is 0 Å². The summed E-state index contributed by atoms with van der Waals surface area (Å²) < 4.78 is 0. The van der Waals surface area contributed by atoms with Crippen LogP contribution in [0.25, 0.3) is 0 Å². The molecule has 19 heavy (non-hydrogen) atoms. The first kappa shape index (κ1) is 14.0. The first-order valence-electron chi connectivity index (χ1n) is 7.09. The molecule has 1 fully saturated rings. The first-order valence-corrected chi connectivity index (χ1v) is 7.09. The highest BCUT2D eigenvalue weighted by Crippen LogP contribution is 2.27. The average molecular weight is 262 g/mol. The molecule has 4 nitrogen and oxygen atoms in total. The number of aliphatic hydroxyl groups is 1. The summed E-state index contributed by atoms with van der Waals surface area (Å²) in [5, 5.41) is 12.8. The molecule has 104 valence electrons. The molecule has 1 amide bonds. The third-order valence-corrected chi connectivity index (χ3v) is 3.84. The molecule has 2 N–H and O–H groups in total. The van der Waals surface area contributed by atoms with Crippen molar-refractivity contribution in [3.05, 3.63) is 30.1 Å². The van der Waals surface area contributed by atoms with E-state index in [4.69, 9.17) is 0 Å². The molecular weight excluding hydrogens is 240 g/mol. The molecule has 1 atom stereocenters. The zero-order chi connectivity index (χ0) is 13.5. The zero-order valence-corrected chi connectivity index (χ0v) is 11.2. The molecule has 1 unspecified atom stereocenters. The van der Waals surface area contributed by atoms with Crippen molar-refractivity contribution in [1.82, 2.24) is 10.3 Å². The largest absolute Gasteiger partial charge is 0.391 e. The van der Waals surface area contributed by atoms with Crippen LogP contribution < -0.4 is 5.32 Å². The van der Waals surface area contributed by atoms with E-state index in [1.165, 1.54) is 12.8 Å². The van der Waals surface area contributed by atoms with E-state index in [9.17, 15) is 9.90 Å². The SMILES string of the molecule is O=C(CCc1ccncc1)NCC(O)C1CCCC1. The number of hydrogen-bond donors (Lipinski definition) is 2. The van der Waals surface area contributed by atoms with Crippen molar-refractivity contribution in [2.75, 3.05) is 6.54 Å². The molecule has 1 aliphatic rings. The van der Waals surface area contributed by atoms with Gasteiger partial charge in [0.15, 0.2) is 0 Å². The lowest BCUT2D eigenvalue weighted by atomic mass is 10.0. The Morgan fingerprint density at radius 3 is 2.74 bits per heavy atom. The number of aryl methyl sites for hydroxylation is 1. The van der Waals surface area contributed by atoms with E-state index in [2.05, 4.69) is 10.3 Å². The number of aliphatic hydroxyl groups excluding tert-OH is 1. The maximum Gasteiger partial charge on any atom is 0.220 e. The van der Waals surface area contributed by atoms with Crippen LogP contribution in [0.15, 0.2) is 24.5 Å². The zero-order valence-electron chi connectivity index (χ0n) is 11.2. The maximum atomic E-state index is 11.7. The molecule has 0 aliphatic heterocycles. The number of amides is 1. The van der Waals surface area contributed by atoms with E-state index in [1.807, 2.05) is 12.1 Å². The molecule has 1 saturated carbocycles. The molecule has 2 rings (SSSR count). The van der Waals surface area contributed by atoms with Gasteiger partial charge in [0.25, 0.3) is 0 Å². The monoisotopic (exact) mass is 262 g/mol. The highest BCUT2D eigenvalue weighted by Gasteiger charge is 2.23. The van der Waals surface area contributed by atoms with Gasteiger partial charge in [0.05, 0.1) is 6.10 Å². The molecule has 0 bridgehead atoms. The molecule has 1 heterocycles. The lowest BCUT2D eigenvalue weighted by Gasteiger charge is -2.18. The van der Waals surface area contributed by atoms with Gasteiger partial charge in [0.1, 0.15) is 0 Å². The van der Waals surface area contributed by atoms with Gasteiger partial charge in [0.2, 0.25) is 5.91 Å². The van der Waals surface area contributed by atoms with Crippen LogP contribution in [0.3, 0.4) is 0 Å². The number of rotatable bonds is 6. The second kappa shape index (κ2) is 7.24. The van der Waals surface area contributed by atoms with Crippen LogP contribution >= 0.6 is 0 Å². The third kappa shape index (κ3) is 4.63. The normalized spacial score (nSPS) is 17.3. The number of carbonyl (C=O) groups is 1. The molecule has 1 aliphatic carbocycles. The first-order chi connectivity index (χ1) is 9.25. The van der Waals surface area contributed by atoms with Crippen molar-refractivity contribution in [1.29, 1.82) is 0 Å². The van der Waals surface area contributed by atoms with Crippen LogP contribution in [0, 0.1) is 5.92 Å². The number of carbonyl (C=O) groups excluding carboxylic acids is 1. The fourth-order valence-electron chi connectivity index (χ4n) is 2.62. The summed E-state index contributed by atoms with van der Waals surface area (Å²) in [6.45, 7) is 0.389. The Morgan fingerprint density at radius 1 is 1.37 bits per heavy atom. The minimum atomic E-state index is -0.382. The predicted octanol–water partition coefficient (Wildman–Crippen LogP) is 1.68. The lowest BCUT2D eigenvalue weighted by Crippen LogP contribution is -2.35. The van der Waals surface area contributed by atoms with Gasteiger partial charge in [-0.05, 0) is 42.9 Å². The van der Waals surface area contributed by atoms with Crippen molar-refractivity contribution in [3.8, 4) is 0 Å². The van der Waals surface area contributed by atoms with Gasteiger partial charge in [-0.25, -0.2) is 0 Å². The summed E-state index contributed by atoms with van der Waals surface area (Å²) in [5.41, 5.74) is 1.11. The van der Waals surface area contributed by atoms with E-state index in [0.29, 0.717) is 25.3 Å². The van der Waals surface area contributed by atoms with Gasteiger partial charge in [-0.2, -0.15) is 0 Å². The predicted molar refractivity (Wildman–Crippen MR) is 73.5 cm³/mol. The van der Waals surface area contributed by atoms with Crippen molar-refractivity contribution in [3.63, 3.8) is 0 Å². The van der Waals surface area contributed by atoms with Crippen LogP contribution in [0.2, 0.25) is 0 Å². The van der Waals surface area contributed by atoms with Gasteiger partial charge >= 0.3 is 0 Å². The van der Waals surface area contributed by atoms with Crippen molar-refractivity contribution in [2.45, 2.75) is 44.6 Å². The quantitative estimate of drug-likeness (QED) is 0.820. The van der Waals surface area contributed by atoms with Crippen molar-refractivity contribution < 1.29 is 9.90 Å². The average Bonchev–Trinajstić information content (AvgIpc) is 2.98. The summed E-state index contributed by atoms with van der Waals surface area (Å²) in [5.74, 6) is 0.384. The van der Waals surface area contributed by atoms with Crippen LogP contribution in [0.1, 0.15) is 37.7 Å². The van der Waals surface area contributed by atoms with Crippen LogP contribution in [0.5, 0.6) is 0 Å². The summed E-state index contributed by atoms with van der Waals surface area (Å²) in [6.07, 6.45) is 8.86. The Bertz CT molecular complexity index is 388. The Morgan fingerprint density at radius 2 is 2.05 bits per heavy atom. The fourth-order valence-corrected chi connectivity index (χ4v) is 2.62. The van der Waals surface area contributed by atoms with Crippen molar-refractivity contribution >= 4 is 5.91 Å². The Labute approximate surface area is 114 Å². The molecular formula is C15H22N2O2. The number of hydrogen-bond acceptors (Lipinski definition) is 3. The van der Waals surface area contributed by atoms with Gasteiger partial charge in [0, 0.05) is 25.4 Å². The fraction of sp³-hybridized carbons (Fsp3) is 0.600. The van der Waals surface area contributed by atoms with Crippen LogP contribution in [0.4, 0.5) is 0 Å². The topological polar surface area (TPSA) is 62.2 Å². The smallest absolute Gasteiger partial charge is 0.220 e. The Hall–Kier alpha value is -1.42. The number of nitrogens with one attached hydrogen (secondary N) is 1. The number of aromatic nitrogens is 1. The van der Waals surface area contributed by atoms with Crippen LogP contribution in [-0.4, -0.2) is 28.6 Å². The van der Waals surface area contributed by atoms with Gasteiger partial charge < -0.3 is 10.4 Å². The third-order valence-electron chi connectivity index (χ3n) is 3.84. The lowest BCUT2D eigenvalue weighted by molar-refractivity contribution is -0.121. The summed E-state index contributed by atoms with van der Waals surface area (Å²) in [4.78, 5) is 15.6. The van der Waals surface area contributed by atoms with Crippen molar-refractivity contribution in [2.24, 2.45) is 5.92 Å². The van der Waals surface area contributed by atoms with E-state index in [1.54, 1.807) is 12.4 Å². The minimum Gasteiger partial charge on any atom is -0.391 e. The highest BCUT2D eigenvalue weighted by molar-refractivity contribution is 5.76. The van der Waals surface area contributed by atoms with E-state index in [-0.39, 0.29) is 12.0 Å². The minimum absolute atomic E-state index is 0.00820. The Kier molecular flexibility index (Phi) is 5.33. The van der Waals surface area contributed by atoms with Gasteiger partial charge in [-0.1, -0.05) is 12.8 Å². The van der Waals surface area contributed by atoms with Gasteiger partial charge in [-0.3, -0.25) is 9.78 Å². The Balaban J connectivity index is 1.64. The molecule has 1 aromatic heterocycles. The van der Waals surface area contributed by atoms with Gasteiger partial charge in [-0.15, -0.1) is 0 Å². The van der Waals surface area contributed by atoms with Crippen LogP contribution in [-0.2, 0) is 11.2 Å². The molecule has 0 saturated heterocycles. The second-order valence-electron chi connectivity index (χ2n) is 5.27. The molecule has 0 radical (unpaired) electrons. The molecule has 0 spiro atoms. The summed E-state index contributed by atoms with van der Waals surface area (Å²) >= 11 is 0. The molecule has 0 aromatic carbocycles. The van der Waals surface area contributed by atoms with E-state index in [0.717, 1.165) is 18.4 Å². The number of pyridine rings is 1. The summed E-state index contributed by atoms with van der Waals surface area (Å²) in [7, 11) is 0. The standard InChI is InChI=1S/C15H22N2O2/c18-14(13-3-1-2-4-13)11-17-15(19)6-5-12-7-9-16-10-8-12/h7-10,13-14,18H,1-6,11H2,(H,17,19).